The molecule has 0 saturated carbocycles. The molecule has 6 nitrogen and oxygen atoms in total. The van der Waals surface area contributed by atoms with Gasteiger partial charge >= 0.3 is 0 Å². The van der Waals surface area contributed by atoms with E-state index in [1.54, 1.807) is 25.4 Å². The third kappa shape index (κ3) is 4.42. The number of piperidine rings is 2. The Morgan fingerprint density at radius 2 is 1.96 bits per heavy atom. The summed E-state index contributed by atoms with van der Waals surface area (Å²) in [5.74, 6) is 0.911. The quantitative estimate of drug-likeness (QED) is 0.825. The zero-order chi connectivity index (χ0) is 17.8. The first-order valence-electron chi connectivity index (χ1n) is 8.85. The van der Waals surface area contributed by atoms with Crippen molar-refractivity contribution in [2.75, 3.05) is 26.2 Å². The topological polar surface area (TPSA) is 62.7 Å². The molecular weight excluding hydrogens is 342 g/mol. The molecule has 2 aliphatic heterocycles. The van der Waals surface area contributed by atoms with Crippen molar-refractivity contribution < 1.29 is 14.3 Å². The van der Waals surface area contributed by atoms with Gasteiger partial charge in [0.05, 0.1) is 6.54 Å². The maximum atomic E-state index is 12.8. The van der Waals surface area contributed by atoms with Gasteiger partial charge in [-0.05, 0) is 25.7 Å². The Bertz CT molecular complexity index is 632. The smallest absolute Gasteiger partial charge is 0.225 e. The molecule has 2 fully saturated rings. The average molecular weight is 366 g/mol. The van der Waals surface area contributed by atoms with Gasteiger partial charge in [0.1, 0.15) is 16.9 Å². The molecule has 0 aliphatic carbocycles. The van der Waals surface area contributed by atoms with Crippen molar-refractivity contribution >= 4 is 23.4 Å². The second-order valence-corrected chi connectivity index (χ2v) is 7.16. The molecule has 3 heterocycles. The van der Waals surface area contributed by atoms with Crippen LogP contribution in [0.1, 0.15) is 32.6 Å². The first kappa shape index (κ1) is 18.0. The number of aromatic nitrogens is 1. The number of likely N-dealkylation sites (tertiary alicyclic amines) is 2. The van der Waals surface area contributed by atoms with E-state index in [0.29, 0.717) is 30.4 Å². The fourth-order valence-corrected chi connectivity index (χ4v) is 3.74. The van der Waals surface area contributed by atoms with Gasteiger partial charge in [-0.1, -0.05) is 11.6 Å². The van der Waals surface area contributed by atoms with E-state index in [1.807, 2.05) is 9.80 Å². The summed E-state index contributed by atoms with van der Waals surface area (Å²) in [7, 11) is 0. The molecule has 25 heavy (non-hydrogen) atoms. The molecule has 0 aromatic carbocycles. The lowest BCUT2D eigenvalue weighted by Gasteiger charge is -2.37. The monoisotopic (exact) mass is 365 g/mol. The van der Waals surface area contributed by atoms with Gasteiger partial charge in [-0.25, -0.2) is 0 Å². The van der Waals surface area contributed by atoms with Gasteiger partial charge in [-0.2, -0.15) is 0 Å². The lowest BCUT2D eigenvalue weighted by molar-refractivity contribution is -0.142. The van der Waals surface area contributed by atoms with E-state index in [0.717, 1.165) is 32.2 Å². The minimum atomic E-state index is -0.0464. The number of rotatable bonds is 3. The highest BCUT2D eigenvalue weighted by molar-refractivity contribution is 6.31. The van der Waals surface area contributed by atoms with Crippen molar-refractivity contribution in [1.29, 1.82) is 0 Å². The highest BCUT2D eigenvalue weighted by Gasteiger charge is 2.32. The second-order valence-electron chi connectivity index (χ2n) is 6.75. The number of amides is 2. The number of pyridine rings is 1. The van der Waals surface area contributed by atoms with Gasteiger partial charge in [0.15, 0.2) is 0 Å². The standard InChI is InChI=1S/C18H24ClN3O3/c1-13(23)21-9-5-14(6-10-21)18(24)22-8-2-3-15(12-22)25-17-4-7-20-11-16(17)19/h4,7,11,14-15H,2-3,5-6,8-10,12H2,1H3. The maximum Gasteiger partial charge on any atom is 0.225 e. The molecule has 1 aromatic heterocycles. The van der Waals surface area contributed by atoms with Crippen molar-refractivity contribution in [3.05, 3.63) is 23.5 Å². The van der Waals surface area contributed by atoms with Crippen LogP contribution >= 0.6 is 11.6 Å². The normalized spacial score (nSPS) is 21.9. The summed E-state index contributed by atoms with van der Waals surface area (Å²) in [6.07, 6.45) is 6.49. The van der Waals surface area contributed by atoms with E-state index >= 15 is 0 Å². The minimum Gasteiger partial charge on any atom is -0.487 e. The van der Waals surface area contributed by atoms with Crippen molar-refractivity contribution in [3.8, 4) is 5.75 Å². The maximum absolute atomic E-state index is 12.8. The van der Waals surface area contributed by atoms with Gasteiger partial charge in [0, 0.05) is 50.9 Å². The molecular formula is C18H24ClN3O3. The van der Waals surface area contributed by atoms with Crippen molar-refractivity contribution in [1.82, 2.24) is 14.8 Å². The third-order valence-corrected chi connectivity index (χ3v) is 5.29. The lowest BCUT2D eigenvalue weighted by Crippen LogP contribution is -2.49. The summed E-state index contributed by atoms with van der Waals surface area (Å²) in [5, 5.41) is 0.488. The van der Waals surface area contributed by atoms with Gasteiger partial charge in [0.25, 0.3) is 0 Å². The molecule has 0 spiro atoms. The first-order chi connectivity index (χ1) is 12.0. The number of ether oxygens (including phenoxy) is 1. The number of carbonyl (C=O) groups is 2. The van der Waals surface area contributed by atoms with Gasteiger partial charge < -0.3 is 14.5 Å². The van der Waals surface area contributed by atoms with Crippen LogP contribution in [-0.4, -0.2) is 58.9 Å². The number of carbonyl (C=O) groups excluding carboxylic acids is 2. The fraction of sp³-hybridized carbons (Fsp3) is 0.611. The Morgan fingerprint density at radius 3 is 2.64 bits per heavy atom. The Hall–Kier alpha value is -1.82. The highest BCUT2D eigenvalue weighted by atomic mass is 35.5. The fourth-order valence-electron chi connectivity index (χ4n) is 3.57. The predicted octanol–water partition coefficient (Wildman–Crippen LogP) is 2.36. The van der Waals surface area contributed by atoms with Crippen LogP contribution in [0.2, 0.25) is 5.02 Å². The van der Waals surface area contributed by atoms with E-state index in [2.05, 4.69) is 4.98 Å². The van der Waals surface area contributed by atoms with Crippen LogP contribution in [-0.2, 0) is 9.59 Å². The Labute approximate surface area is 153 Å². The zero-order valence-corrected chi connectivity index (χ0v) is 15.2. The molecule has 3 rings (SSSR count). The van der Waals surface area contributed by atoms with Crippen LogP contribution in [0.5, 0.6) is 5.75 Å². The van der Waals surface area contributed by atoms with E-state index in [9.17, 15) is 9.59 Å². The zero-order valence-electron chi connectivity index (χ0n) is 14.5. The summed E-state index contributed by atoms with van der Waals surface area (Å²) in [6, 6.07) is 1.75. The summed E-state index contributed by atoms with van der Waals surface area (Å²) < 4.78 is 5.98. The Kier molecular flexibility index (Phi) is 5.78. The molecule has 2 saturated heterocycles. The predicted molar refractivity (Wildman–Crippen MR) is 94.5 cm³/mol. The molecule has 0 radical (unpaired) electrons. The highest BCUT2D eigenvalue weighted by Crippen LogP contribution is 2.27. The van der Waals surface area contributed by atoms with Crippen LogP contribution in [0.4, 0.5) is 0 Å². The third-order valence-electron chi connectivity index (χ3n) is 5.01. The van der Waals surface area contributed by atoms with Crippen molar-refractivity contribution in [2.24, 2.45) is 5.92 Å². The van der Waals surface area contributed by atoms with Gasteiger partial charge in [-0.15, -0.1) is 0 Å². The molecule has 136 valence electrons. The van der Waals surface area contributed by atoms with Gasteiger partial charge in [-0.3, -0.25) is 14.6 Å². The average Bonchev–Trinajstić information content (AvgIpc) is 2.63. The SMILES string of the molecule is CC(=O)N1CCC(C(=O)N2CCCC(Oc3ccncc3Cl)C2)CC1. The number of hydrogen-bond donors (Lipinski definition) is 0. The van der Waals surface area contributed by atoms with E-state index in [-0.39, 0.29) is 23.8 Å². The van der Waals surface area contributed by atoms with Gasteiger partial charge in [0.2, 0.25) is 11.8 Å². The molecule has 1 unspecified atom stereocenters. The number of halogens is 1. The Balaban J connectivity index is 1.55. The molecule has 0 bridgehead atoms. The van der Waals surface area contributed by atoms with Crippen LogP contribution in [0, 0.1) is 5.92 Å². The largest absolute Gasteiger partial charge is 0.487 e. The molecule has 7 heteroatoms. The number of nitrogens with zero attached hydrogens (tertiary/aromatic N) is 3. The number of hydrogen-bond acceptors (Lipinski definition) is 4. The summed E-state index contributed by atoms with van der Waals surface area (Å²) in [4.78, 5) is 31.9. The molecule has 1 atom stereocenters. The van der Waals surface area contributed by atoms with Crippen LogP contribution in [0.15, 0.2) is 18.5 Å². The Morgan fingerprint density at radius 1 is 1.20 bits per heavy atom. The van der Waals surface area contributed by atoms with E-state index < -0.39 is 0 Å². The van der Waals surface area contributed by atoms with Crippen LogP contribution in [0.3, 0.4) is 0 Å². The minimum absolute atomic E-state index is 0.0128. The molecule has 2 aliphatic rings. The molecule has 2 amide bonds. The summed E-state index contributed by atoms with van der Waals surface area (Å²) in [5.41, 5.74) is 0. The molecule has 0 N–H and O–H groups in total. The van der Waals surface area contributed by atoms with Crippen LogP contribution in [0.25, 0.3) is 0 Å². The van der Waals surface area contributed by atoms with Crippen molar-refractivity contribution in [3.63, 3.8) is 0 Å². The summed E-state index contributed by atoms with van der Waals surface area (Å²) in [6.45, 7) is 4.29. The first-order valence-corrected chi connectivity index (χ1v) is 9.23. The second kappa shape index (κ2) is 8.04. The van der Waals surface area contributed by atoms with E-state index in [4.69, 9.17) is 16.3 Å². The summed E-state index contributed by atoms with van der Waals surface area (Å²) >= 11 is 6.10. The lowest BCUT2D eigenvalue weighted by atomic mass is 9.94. The molecule has 1 aromatic rings. The van der Waals surface area contributed by atoms with Crippen molar-refractivity contribution in [2.45, 2.75) is 38.7 Å². The van der Waals surface area contributed by atoms with Crippen LogP contribution < -0.4 is 4.74 Å². The van der Waals surface area contributed by atoms with E-state index in [1.165, 1.54) is 0 Å².